The number of benzene rings is 2. The molecule has 0 fully saturated rings. The van der Waals surface area contributed by atoms with E-state index in [2.05, 4.69) is 4.98 Å². The molecule has 0 radical (unpaired) electrons. The number of nitrogens with zero attached hydrogens (tertiary/aromatic N) is 2. The molecule has 0 aliphatic heterocycles. The van der Waals surface area contributed by atoms with Crippen molar-refractivity contribution in [1.82, 2.24) is 14.3 Å². The Balaban J connectivity index is 1.65. The maximum Gasteiger partial charge on any atom is 0.421 e. The van der Waals surface area contributed by atoms with Crippen molar-refractivity contribution in [3.05, 3.63) is 76.8 Å². The standard InChI is InChI=1S/C30H33N3O6S2/c1-4-6-17-39-30(35)32-41(36,37)29-25(18-24(40-29)10-5-2)22-15-13-21(14-16-22)19-33-26(20-34)28(38-3)31-27(33)23-11-8-7-9-12-23/h7-9,11-16,18,20H,4-6,10,17,19H2,1-3H3,(H,32,35). The predicted molar refractivity (Wildman–Crippen MR) is 159 cm³/mol. The SMILES string of the molecule is CCCCOC(=O)NS(=O)(=O)c1sc(CCC)cc1-c1ccc(Cn2c(-c3ccccc3)nc(OC)c2C=O)cc1. The zero-order chi connectivity index (χ0) is 29.4. The highest BCUT2D eigenvalue weighted by Crippen LogP contribution is 2.36. The lowest BCUT2D eigenvalue weighted by Gasteiger charge is -2.11. The molecule has 41 heavy (non-hydrogen) atoms. The average molecular weight is 596 g/mol. The Kier molecular flexibility index (Phi) is 9.95. The van der Waals surface area contributed by atoms with Crippen LogP contribution in [-0.4, -0.2) is 44.1 Å². The largest absolute Gasteiger partial charge is 0.479 e. The van der Waals surface area contributed by atoms with Crippen LogP contribution in [0.25, 0.3) is 22.5 Å². The van der Waals surface area contributed by atoms with Crippen molar-refractivity contribution < 1.29 is 27.5 Å². The Morgan fingerprint density at radius 3 is 2.41 bits per heavy atom. The fourth-order valence-corrected chi connectivity index (χ4v) is 7.07. The van der Waals surface area contributed by atoms with Crippen molar-refractivity contribution >= 4 is 33.7 Å². The van der Waals surface area contributed by atoms with E-state index >= 15 is 0 Å². The molecular formula is C30H33N3O6S2. The predicted octanol–water partition coefficient (Wildman–Crippen LogP) is 6.32. The maximum atomic E-state index is 13.2. The molecule has 2 aromatic carbocycles. The zero-order valence-corrected chi connectivity index (χ0v) is 24.9. The summed E-state index contributed by atoms with van der Waals surface area (Å²) < 4.78 is 40.7. The lowest BCUT2D eigenvalue weighted by Crippen LogP contribution is -2.31. The first kappa shape index (κ1) is 30.0. The third-order valence-corrected chi connectivity index (χ3v) is 9.40. The van der Waals surface area contributed by atoms with Gasteiger partial charge in [-0.2, -0.15) is 4.98 Å². The fraction of sp³-hybridized carbons (Fsp3) is 0.300. The van der Waals surface area contributed by atoms with Crippen LogP contribution in [-0.2, 0) is 27.7 Å². The number of amides is 1. The smallest absolute Gasteiger partial charge is 0.421 e. The summed E-state index contributed by atoms with van der Waals surface area (Å²) in [5, 5.41) is 0. The summed E-state index contributed by atoms with van der Waals surface area (Å²) in [7, 11) is -2.67. The summed E-state index contributed by atoms with van der Waals surface area (Å²) in [5.41, 5.74) is 3.24. The van der Waals surface area contributed by atoms with Gasteiger partial charge < -0.3 is 14.0 Å². The minimum atomic E-state index is -4.15. The monoisotopic (exact) mass is 595 g/mol. The summed E-state index contributed by atoms with van der Waals surface area (Å²) >= 11 is 1.15. The molecule has 9 nitrogen and oxygen atoms in total. The normalized spacial score (nSPS) is 11.3. The van der Waals surface area contributed by atoms with Crippen molar-refractivity contribution in [3.63, 3.8) is 0 Å². The van der Waals surface area contributed by atoms with E-state index in [-0.39, 0.29) is 16.7 Å². The summed E-state index contributed by atoms with van der Waals surface area (Å²) in [4.78, 5) is 29.6. The molecule has 0 saturated carbocycles. The van der Waals surface area contributed by atoms with Crippen LogP contribution in [0, 0.1) is 0 Å². The Bertz CT molecular complexity index is 1590. The number of ether oxygens (including phenoxy) is 2. The van der Waals surface area contributed by atoms with Crippen molar-refractivity contribution in [2.75, 3.05) is 13.7 Å². The molecule has 0 unspecified atom stereocenters. The van der Waals surface area contributed by atoms with Crippen molar-refractivity contribution in [2.24, 2.45) is 0 Å². The van der Waals surface area contributed by atoms with Crippen LogP contribution in [0.2, 0.25) is 0 Å². The molecule has 1 N–H and O–H groups in total. The average Bonchev–Trinajstić information content (AvgIpc) is 3.56. The molecule has 2 aromatic heterocycles. The second kappa shape index (κ2) is 13.6. The van der Waals surface area contributed by atoms with Gasteiger partial charge in [-0.25, -0.2) is 17.9 Å². The number of hydrogen-bond acceptors (Lipinski definition) is 8. The van der Waals surface area contributed by atoms with Gasteiger partial charge in [-0.15, -0.1) is 11.3 Å². The van der Waals surface area contributed by atoms with Gasteiger partial charge in [-0.1, -0.05) is 81.3 Å². The number of hydrogen-bond donors (Lipinski definition) is 1. The summed E-state index contributed by atoms with van der Waals surface area (Å²) in [6, 6.07) is 18.8. The van der Waals surface area contributed by atoms with Crippen LogP contribution >= 0.6 is 11.3 Å². The first-order chi connectivity index (χ1) is 19.8. The van der Waals surface area contributed by atoms with Crippen LogP contribution in [0.3, 0.4) is 0 Å². The quantitative estimate of drug-likeness (QED) is 0.142. The molecule has 0 spiro atoms. The van der Waals surface area contributed by atoms with Gasteiger partial charge >= 0.3 is 6.09 Å². The Morgan fingerprint density at radius 1 is 1.05 bits per heavy atom. The number of rotatable bonds is 13. The minimum absolute atomic E-state index is 0.0649. The highest BCUT2D eigenvalue weighted by Gasteiger charge is 2.26. The van der Waals surface area contributed by atoms with Crippen LogP contribution in [0.1, 0.15) is 54.0 Å². The fourth-order valence-electron chi connectivity index (χ4n) is 4.34. The second-order valence-electron chi connectivity index (χ2n) is 9.36. The molecule has 1 amide bonds. The number of thiophene rings is 1. The number of nitrogens with one attached hydrogen (secondary N) is 1. The summed E-state index contributed by atoms with van der Waals surface area (Å²) in [6.07, 6.45) is 2.78. The summed E-state index contributed by atoms with van der Waals surface area (Å²) in [6.45, 7) is 4.47. The van der Waals surface area contributed by atoms with E-state index in [9.17, 15) is 18.0 Å². The lowest BCUT2D eigenvalue weighted by molar-refractivity contribution is 0.111. The van der Waals surface area contributed by atoms with Gasteiger partial charge in [0.05, 0.1) is 13.7 Å². The molecule has 0 bridgehead atoms. The van der Waals surface area contributed by atoms with E-state index in [1.165, 1.54) is 7.11 Å². The minimum Gasteiger partial charge on any atom is -0.479 e. The van der Waals surface area contributed by atoms with Crippen LogP contribution < -0.4 is 9.46 Å². The van der Waals surface area contributed by atoms with Crippen molar-refractivity contribution in [3.8, 4) is 28.4 Å². The molecule has 11 heteroatoms. The Hall–Kier alpha value is -3.96. The number of sulfonamides is 1. The Labute approximate surface area is 244 Å². The van der Waals surface area contributed by atoms with Gasteiger partial charge in [0, 0.05) is 22.5 Å². The van der Waals surface area contributed by atoms with Gasteiger partial charge in [0.2, 0.25) is 5.88 Å². The molecule has 2 heterocycles. The first-order valence-corrected chi connectivity index (χ1v) is 15.7. The number of methoxy groups -OCH3 is 1. The van der Waals surface area contributed by atoms with E-state index < -0.39 is 16.1 Å². The van der Waals surface area contributed by atoms with E-state index in [4.69, 9.17) is 9.47 Å². The van der Waals surface area contributed by atoms with Gasteiger partial charge in [-0.05, 0) is 30.0 Å². The highest BCUT2D eigenvalue weighted by molar-refractivity contribution is 7.92. The third-order valence-electron chi connectivity index (χ3n) is 6.35. The van der Waals surface area contributed by atoms with E-state index in [1.807, 2.05) is 79.2 Å². The van der Waals surface area contributed by atoms with Gasteiger partial charge in [0.1, 0.15) is 15.7 Å². The topological polar surface area (TPSA) is 117 Å². The van der Waals surface area contributed by atoms with Crippen LogP contribution in [0.15, 0.2) is 64.9 Å². The number of aromatic nitrogens is 2. The lowest BCUT2D eigenvalue weighted by atomic mass is 10.1. The third kappa shape index (κ3) is 7.04. The first-order valence-electron chi connectivity index (χ1n) is 13.4. The highest BCUT2D eigenvalue weighted by atomic mass is 32.2. The summed E-state index contributed by atoms with van der Waals surface area (Å²) in [5.74, 6) is 0.841. The van der Waals surface area contributed by atoms with Crippen LogP contribution in [0.5, 0.6) is 5.88 Å². The van der Waals surface area contributed by atoms with Gasteiger partial charge in [0.25, 0.3) is 10.0 Å². The van der Waals surface area contributed by atoms with E-state index in [0.29, 0.717) is 42.0 Å². The number of carbonyl (C=O) groups excluding carboxylic acids is 2. The molecule has 4 aromatic rings. The molecule has 0 aliphatic carbocycles. The maximum absolute atomic E-state index is 13.2. The molecule has 0 atom stereocenters. The molecule has 0 saturated heterocycles. The molecule has 216 valence electrons. The van der Waals surface area contributed by atoms with E-state index in [1.54, 1.807) is 4.57 Å². The number of aldehydes is 1. The zero-order valence-electron chi connectivity index (χ0n) is 23.3. The van der Waals surface area contributed by atoms with Gasteiger partial charge in [-0.3, -0.25) is 4.79 Å². The number of imidazole rings is 1. The van der Waals surface area contributed by atoms with Gasteiger partial charge in [0.15, 0.2) is 6.29 Å². The van der Waals surface area contributed by atoms with Crippen molar-refractivity contribution in [2.45, 2.75) is 50.3 Å². The molecular weight excluding hydrogens is 562 g/mol. The molecule has 0 aliphatic rings. The van der Waals surface area contributed by atoms with E-state index in [0.717, 1.165) is 46.5 Å². The Morgan fingerprint density at radius 2 is 1.78 bits per heavy atom. The number of unbranched alkanes of at least 4 members (excludes halogenated alkanes) is 1. The number of carbonyl (C=O) groups is 2. The van der Waals surface area contributed by atoms with Crippen molar-refractivity contribution in [1.29, 1.82) is 0 Å². The molecule has 4 rings (SSSR count). The number of aryl methyl sites for hydroxylation is 1. The van der Waals surface area contributed by atoms with Crippen LogP contribution in [0.4, 0.5) is 4.79 Å². The second-order valence-corrected chi connectivity index (χ2v) is 12.4.